The van der Waals surface area contributed by atoms with Crippen LogP contribution in [-0.4, -0.2) is 28.9 Å². The fourth-order valence-electron chi connectivity index (χ4n) is 5.28. The first-order valence-electron chi connectivity index (χ1n) is 13.5. The van der Waals surface area contributed by atoms with Crippen molar-refractivity contribution < 1.29 is 28.6 Å². The van der Waals surface area contributed by atoms with Crippen molar-refractivity contribution in [1.29, 1.82) is 0 Å². The molecule has 1 N–H and O–H groups in total. The molecule has 1 aromatic heterocycles. The summed E-state index contributed by atoms with van der Waals surface area (Å²) in [6, 6.07) is 22.8. The summed E-state index contributed by atoms with van der Waals surface area (Å²) in [4.78, 5) is 33.4. The number of hydrogen-bond acceptors (Lipinski definition) is 7. The van der Waals surface area contributed by atoms with Crippen LogP contribution in [0.3, 0.4) is 0 Å². The van der Waals surface area contributed by atoms with Crippen LogP contribution >= 0.6 is 11.3 Å². The molecule has 0 aliphatic carbocycles. The molecule has 43 heavy (non-hydrogen) atoms. The zero-order chi connectivity index (χ0) is 30.2. The molecule has 0 saturated carbocycles. The van der Waals surface area contributed by atoms with Gasteiger partial charge in [-0.25, -0.2) is 9.37 Å². The number of hydrogen-bond donors (Lipinski definition) is 1. The van der Waals surface area contributed by atoms with Gasteiger partial charge in [0.15, 0.2) is 16.6 Å². The van der Waals surface area contributed by atoms with Crippen molar-refractivity contribution in [2.75, 3.05) is 12.0 Å². The summed E-state index contributed by atoms with van der Waals surface area (Å²) in [5.74, 6) is -1.76. The van der Waals surface area contributed by atoms with E-state index in [1.165, 1.54) is 47.6 Å². The number of aliphatic hydroxyl groups is 1. The van der Waals surface area contributed by atoms with Crippen LogP contribution in [0.2, 0.25) is 0 Å². The number of aryl methyl sites for hydroxylation is 2. The Morgan fingerprint density at radius 3 is 2.44 bits per heavy atom. The second-order valence-electron chi connectivity index (χ2n) is 10.3. The lowest BCUT2D eigenvalue weighted by atomic mass is 9.95. The van der Waals surface area contributed by atoms with E-state index in [9.17, 15) is 19.1 Å². The first-order valence-corrected chi connectivity index (χ1v) is 14.4. The number of halogens is 1. The standard InChI is InChI=1S/C34H27FN2O5S/c1-19-15-20(2)29-27(16-19)43-34(36-29)37-30(28(32(39)33(37)40)31(38)22-9-12-24(35)13-10-22)23-11-14-25(26(17-23)41-3)42-18-21-7-5-4-6-8-21/h4-17,30,38H,18H2,1-3H3. The van der Waals surface area contributed by atoms with Gasteiger partial charge in [0, 0.05) is 5.56 Å². The highest BCUT2D eigenvalue weighted by Crippen LogP contribution is 2.46. The lowest BCUT2D eigenvalue weighted by Gasteiger charge is -2.24. The number of ketones is 1. The van der Waals surface area contributed by atoms with Gasteiger partial charge in [-0.2, -0.15) is 0 Å². The Balaban J connectivity index is 1.49. The van der Waals surface area contributed by atoms with Crippen LogP contribution in [0, 0.1) is 19.7 Å². The zero-order valence-corrected chi connectivity index (χ0v) is 24.4. The van der Waals surface area contributed by atoms with Crippen molar-refractivity contribution >= 4 is 44.1 Å². The summed E-state index contributed by atoms with van der Waals surface area (Å²) in [5.41, 5.74) is 4.26. The molecule has 0 spiro atoms. The topological polar surface area (TPSA) is 89.0 Å². The van der Waals surface area contributed by atoms with Gasteiger partial charge in [-0.1, -0.05) is 53.8 Å². The molecule has 6 rings (SSSR count). The fraction of sp³-hybridized carbons (Fsp3) is 0.147. The van der Waals surface area contributed by atoms with E-state index in [4.69, 9.17) is 14.5 Å². The predicted octanol–water partition coefficient (Wildman–Crippen LogP) is 7.27. The first-order chi connectivity index (χ1) is 20.7. The normalized spacial score (nSPS) is 16.2. The highest BCUT2D eigenvalue weighted by atomic mass is 32.1. The van der Waals surface area contributed by atoms with Crippen molar-refractivity contribution in [2.24, 2.45) is 0 Å². The van der Waals surface area contributed by atoms with Gasteiger partial charge in [0.05, 0.1) is 28.9 Å². The molecule has 1 saturated heterocycles. The number of anilines is 1. The molecule has 1 fully saturated rings. The van der Waals surface area contributed by atoms with Crippen molar-refractivity contribution in [3.63, 3.8) is 0 Å². The molecular weight excluding hydrogens is 567 g/mol. The molecule has 0 bridgehead atoms. The molecule has 1 amide bonds. The van der Waals surface area contributed by atoms with Gasteiger partial charge in [0.1, 0.15) is 18.2 Å². The Labute approximate surface area is 251 Å². The third-order valence-corrected chi connectivity index (χ3v) is 8.33. The average Bonchev–Trinajstić information content (AvgIpc) is 3.54. The number of ether oxygens (including phenoxy) is 2. The minimum atomic E-state index is -1.04. The first kappa shape index (κ1) is 28.1. The Morgan fingerprint density at radius 1 is 0.977 bits per heavy atom. The summed E-state index contributed by atoms with van der Waals surface area (Å²) < 4.78 is 26.2. The smallest absolute Gasteiger partial charge is 0.301 e. The second-order valence-corrected chi connectivity index (χ2v) is 11.3. The molecule has 216 valence electrons. The maximum atomic E-state index is 13.7. The molecule has 9 heteroatoms. The highest BCUT2D eigenvalue weighted by Gasteiger charge is 2.48. The van der Waals surface area contributed by atoms with Crippen LogP contribution in [0.5, 0.6) is 11.5 Å². The molecule has 7 nitrogen and oxygen atoms in total. The van der Waals surface area contributed by atoms with Crippen molar-refractivity contribution in [3.8, 4) is 11.5 Å². The Hall–Kier alpha value is -5.02. The molecule has 4 aromatic carbocycles. The molecule has 1 atom stereocenters. The number of aromatic nitrogens is 1. The van der Waals surface area contributed by atoms with E-state index in [0.717, 1.165) is 26.9 Å². The predicted molar refractivity (Wildman–Crippen MR) is 164 cm³/mol. The Morgan fingerprint density at radius 2 is 1.72 bits per heavy atom. The average molecular weight is 595 g/mol. The van der Waals surface area contributed by atoms with E-state index >= 15 is 0 Å². The molecule has 1 aliphatic rings. The van der Waals surface area contributed by atoms with Gasteiger partial charge in [-0.15, -0.1) is 0 Å². The van der Waals surface area contributed by atoms with Gasteiger partial charge in [-0.3, -0.25) is 14.5 Å². The number of methoxy groups -OCH3 is 1. The monoisotopic (exact) mass is 594 g/mol. The van der Waals surface area contributed by atoms with Gasteiger partial charge >= 0.3 is 5.91 Å². The van der Waals surface area contributed by atoms with E-state index in [-0.39, 0.29) is 11.1 Å². The van der Waals surface area contributed by atoms with Crippen LogP contribution in [0.4, 0.5) is 9.52 Å². The summed E-state index contributed by atoms with van der Waals surface area (Å²) >= 11 is 1.29. The fourth-order valence-corrected chi connectivity index (χ4v) is 6.45. The van der Waals surface area contributed by atoms with Crippen LogP contribution in [0.15, 0.2) is 90.5 Å². The van der Waals surface area contributed by atoms with Crippen molar-refractivity contribution in [2.45, 2.75) is 26.5 Å². The Bertz CT molecular complexity index is 1900. The summed E-state index contributed by atoms with van der Waals surface area (Å²) in [7, 11) is 1.50. The third-order valence-electron chi connectivity index (χ3n) is 7.33. The van der Waals surface area contributed by atoms with E-state index in [1.807, 2.05) is 56.3 Å². The van der Waals surface area contributed by atoms with Gasteiger partial charge in [0.25, 0.3) is 5.78 Å². The molecule has 2 heterocycles. The maximum absolute atomic E-state index is 13.7. The van der Waals surface area contributed by atoms with E-state index in [2.05, 4.69) is 0 Å². The quantitative estimate of drug-likeness (QED) is 0.121. The minimum absolute atomic E-state index is 0.135. The molecule has 1 aliphatic heterocycles. The molecule has 0 radical (unpaired) electrons. The number of aliphatic hydroxyl groups excluding tert-OH is 1. The van der Waals surface area contributed by atoms with E-state index in [1.54, 1.807) is 18.2 Å². The highest BCUT2D eigenvalue weighted by molar-refractivity contribution is 7.22. The van der Waals surface area contributed by atoms with Crippen LogP contribution < -0.4 is 14.4 Å². The summed E-state index contributed by atoms with van der Waals surface area (Å²) in [5, 5.41) is 11.7. The number of Topliss-reactive ketones (excluding diaryl/α,β-unsaturated/α-hetero) is 1. The number of rotatable bonds is 7. The van der Waals surface area contributed by atoms with Crippen LogP contribution in [0.1, 0.15) is 33.9 Å². The number of thiazole rings is 1. The molecular formula is C34H27FN2O5S. The zero-order valence-electron chi connectivity index (χ0n) is 23.6. The van der Waals surface area contributed by atoms with E-state index in [0.29, 0.717) is 28.8 Å². The number of nitrogens with zero attached hydrogens (tertiary/aromatic N) is 2. The maximum Gasteiger partial charge on any atom is 0.301 e. The van der Waals surface area contributed by atoms with Gasteiger partial charge in [0.2, 0.25) is 0 Å². The summed E-state index contributed by atoms with van der Waals surface area (Å²) in [6.07, 6.45) is 0. The Kier molecular flexibility index (Phi) is 7.41. The molecule has 5 aromatic rings. The number of carbonyl (C=O) groups is 2. The lowest BCUT2D eigenvalue weighted by molar-refractivity contribution is -0.132. The number of amides is 1. The van der Waals surface area contributed by atoms with Crippen LogP contribution in [0.25, 0.3) is 16.0 Å². The number of carbonyl (C=O) groups excluding carboxylic acids is 2. The van der Waals surface area contributed by atoms with Gasteiger partial charge < -0.3 is 14.6 Å². The minimum Gasteiger partial charge on any atom is -0.507 e. The lowest BCUT2D eigenvalue weighted by Crippen LogP contribution is -2.29. The number of fused-ring (bicyclic) bond motifs is 1. The van der Waals surface area contributed by atoms with E-state index < -0.39 is 29.3 Å². The van der Waals surface area contributed by atoms with Crippen molar-refractivity contribution in [3.05, 3.63) is 124 Å². The number of benzene rings is 4. The van der Waals surface area contributed by atoms with Gasteiger partial charge in [-0.05, 0) is 78.6 Å². The van der Waals surface area contributed by atoms with Crippen molar-refractivity contribution in [1.82, 2.24) is 4.98 Å². The second kappa shape index (κ2) is 11.3. The SMILES string of the molecule is COc1cc(C2C(=C(O)c3ccc(F)cc3)C(=O)C(=O)N2c2nc3c(C)cc(C)cc3s2)ccc1OCc1ccccc1. The summed E-state index contributed by atoms with van der Waals surface area (Å²) in [6.45, 7) is 4.23. The molecule has 1 unspecified atom stereocenters. The third kappa shape index (κ3) is 5.23. The van der Waals surface area contributed by atoms with Crippen LogP contribution in [-0.2, 0) is 16.2 Å². The largest absolute Gasteiger partial charge is 0.507 e.